The van der Waals surface area contributed by atoms with E-state index in [2.05, 4.69) is 5.32 Å². The maximum atomic E-state index is 12.7. The molecular formula is C19H22N2O4. The lowest BCUT2D eigenvalue weighted by Gasteiger charge is -2.24. The lowest BCUT2D eigenvalue weighted by Crippen LogP contribution is -2.36. The van der Waals surface area contributed by atoms with Gasteiger partial charge in [-0.3, -0.25) is 0 Å². The molecule has 2 amide bonds. The van der Waals surface area contributed by atoms with Gasteiger partial charge in [-0.15, -0.1) is 0 Å². The Kier molecular flexibility index (Phi) is 5.74. The third-order valence-corrected chi connectivity index (χ3v) is 3.86. The molecule has 6 nitrogen and oxygen atoms in total. The summed E-state index contributed by atoms with van der Waals surface area (Å²) in [6.45, 7) is 2.54. The summed E-state index contributed by atoms with van der Waals surface area (Å²) >= 11 is 0. The third-order valence-electron chi connectivity index (χ3n) is 3.86. The summed E-state index contributed by atoms with van der Waals surface area (Å²) in [6, 6.07) is 15.1. The first-order valence-corrected chi connectivity index (χ1v) is 8.24. The van der Waals surface area contributed by atoms with Crippen LogP contribution in [0.5, 0.6) is 11.5 Å². The van der Waals surface area contributed by atoms with E-state index in [0.717, 1.165) is 5.56 Å². The van der Waals surface area contributed by atoms with Crippen molar-refractivity contribution in [3.8, 4) is 11.5 Å². The van der Waals surface area contributed by atoms with E-state index < -0.39 is 0 Å². The van der Waals surface area contributed by atoms with Crippen LogP contribution in [0.25, 0.3) is 0 Å². The van der Waals surface area contributed by atoms with E-state index in [9.17, 15) is 4.79 Å². The van der Waals surface area contributed by atoms with Gasteiger partial charge in [-0.25, -0.2) is 4.79 Å². The van der Waals surface area contributed by atoms with Gasteiger partial charge in [0, 0.05) is 32.0 Å². The molecule has 132 valence electrons. The summed E-state index contributed by atoms with van der Waals surface area (Å²) in [7, 11) is 1.62. The Bertz CT molecular complexity index is 706. The van der Waals surface area contributed by atoms with Gasteiger partial charge in [0.25, 0.3) is 0 Å². The third kappa shape index (κ3) is 4.64. The van der Waals surface area contributed by atoms with E-state index in [-0.39, 0.29) is 6.03 Å². The predicted molar refractivity (Wildman–Crippen MR) is 95.2 cm³/mol. The van der Waals surface area contributed by atoms with Crippen molar-refractivity contribution < 1.29 is 19.0 Å². The Morgan fingerprint density at radius 2 is 1.88 bits per heavy atom. The van der Waals surface area contributed by atoms with Crippen LogP contribution in [0.2, 0.25) is 0 Å². The number of fused-ring (bicyclic) bond motifs is 1. The number of hydrogen-bond acceptors (Lipinski definition) is 4. The minimum atomic E-state index is -0.183. The summed E-state index contributed by atoms with van der Waals surface area (Å²) in [4.78, 5) is 14.4. The normalized spacial score (nSPS) is 12.5. The van der Waals surface area contributed by atoms with Crippen molar-refractivity contribution in [1.82, 2.24) is 4.90 Å². The van der Waals surface area contributed by atoms with Crippen molar-refractivity contribution in [2.45, 2.75) is 6.54 Å². The Morgan fingerprint density at radius 1 is 1.12 bits per heavy atom. The average molecular weight is 342 g/mol. The van der Waals surface area contributed by atoms with Gasteiger partial charge in [0.2, 0.25) is 0 Å². The molecule has 1 aliphatic heterocycles. The van der Waals surface area contributed by atoms with Crippen LogP contribution in [0.1, 0.15) is 5.56 Å². The molecule has 2 aromatic carbocycles. The fourth-order valence-electron chi connectivity index (χ4n) is 2.58. The molecule has 0 radical (unpaired) electrons. The highest BCUT2D eigenvalue weighted by Crippen LogP contribution is 2.32. The molecule has 0 aromatic heterocycles. The standard InChI is InChI=1S/C19H22N2O4/c1-23-10-9-21(14-15-5-3-2-4-6-15)19(22)20-16-7-8-17-18(13-16)25-12-11-24-17/h2-8,13H,9-12,14H2,1H3,(H,20,22). The zero-order chi connectivity index (χ0) is 17.5. The molecule has 25 heavy (non-hydrogen) atoms. The molecule has 0 atom stereocenters. The van der Waals surface area contributed by atoms with Crippen LogP contribution >= 0.6 is 0 Å². The van der Waals surface area contributed by atoms with Crippen LogP contribution in [0.3, 0.4) is 0 Å². The first-order valence-electron chi connectivity index (χ1n) is 8.24. The van der Waals surface area contributed by atoms with Crippen molar-refractivity contribution in [3.05, 3.63) is 54.1 Å². The topological polar surface area (TPSA) is 60.0 Å². The summed E-state index contributed by atoms with van der Waals surface area (Å²) < 4.78 is 16.2. The Balaban J connectivity index is 1.69. The van der Waals surface area contributed by atoms with Crippen molar-refractivity contribution in [3.63, 3.8) is 0 Å². The van der Waals surface area contributed by atoms with Crippen LogP contribution in [0.15, 0.2) is 48.5 Å². The minimum absolute atomic E-state index is 0.183. The molecule has 2 aromatic rings. The number of methoxy groups -OCH3 is 1. The molecule has 0 bridgehead atoms. The second kappa shape index (κ2) is 8.39. The number of urea groups is 1. The van der Waals surface area contributed by atoms with Gasteiger partial charge in [0.15, 0.2) is 11.5 Å². The number of nitrogens with one attached hydrogen (secondary N) is 1. The fraction of sp³-hybridized carbons (Fsp3) is 0.316. The van der Waals surface area contributed by atoms with Crippen LogP contribution in [0.4, 0.5) is 10.5 Å². The van der Waals surface area contributed by atoms with E-state index in [1.54, 1.807) is 24.1 Å². The zero-order valence-corrected chi connectivity index (χ0v) is 14.2. The van der Waals surface area contributed by atoms with Gasteiger partial charge in [0.05, 0.1) is 6.61 Å². The van der Waals surface area contributed by atoms with Crippen molar-refractivity contribution in [2.24, 2.45) is 0 Å². The monoisotopic (exact) mass is 342 g/mol. The van der Waals surface area contributed by atoms with Gasteiger partial charge in [0.1, 0.15) is 13.2 Å². The van der Waals surface area contributed by atoms with Gasteiger partial charge < -0.3 is 24.4 Å². The summed E-state index contributed by atoms with van der Waals surface area (Å²) in [5, 5.41) is 2.92. The maximum absolute atomic E-state index is 12.7. The van der Waals surface area contributed by atoms with Gasteiger partial charge in [-0.2, -0.15) is 0 Å². The number of rotatable bonds is 6. The largest absolute Gasteiger partial charge is 0.486 e. The lowest BCUT2D eigenvalue weighted by atomic mass is 10.2. The lowest BCUT2D eigenvalue weighted by molar-refractivity contribution is 0.153. The highest BCUT2D eigenvalue weighted by Gasteiger charge is 2.16. The van der Waals surface area contributed by atoms with Crippen LogP contribution in [0, 0.1) is 0 Å². The zero-order valence-electron chi connectivity index (χ0n) is 14.2. The number of benzene rings is 2. The molecular weight excluding hydrogens is 320 g/mol. The maximum Gasteiger partial charge on any atom is 0.322 e. The highest BCUT2D eigenvalue weighted by atomic mass is 16.6. The predicted octanol–water partition coefficient (Wildman–Crippen LogP) is 3.14. The highest BCUT2D eigenvalue weighted by molar-refractivity contribution is 5.89. The summed E-state index contributed by atoms with van der Waals surface area (Å²) in [5.41, 5.74) is 1.74. The molecule has 0 aliphatic carbocycles. The number of hydrogen-bond donors (Lipinski definition) is 1. The molecule has 3 rings (SSSR count). The molecule has 0 spiro atoms. The molecule has 0 fully saturated rings. The minimum Gasteiger partial charge on any atom is -0.486 e. The first-order chi connectivity index (χ1) is 12.3. The number of amides is 2. The number of anilines is 1. The molecule has 1 N–H and O–H groups in total. The van der Waals surface area contributed by atoms with E-state index in [1.807, 2.05) is 36.4 Å². The average Bonchev–Trinajstić information content (AvgIpc) is 2.65. The quantitative estimate of drug-likeness (QED) is 0.876. The number of carbonyl (C=O) groups excluding carboxylic acids is 1. The van der Waals surface area contributed by atoms with Gasteiger partial charge in [-0.05, 0) is 17.7 Å². The van der Waals surface area contributed by atoms with E-state index in [1.165, 1.54) is 0 Å². The smallest absolute Gasteiger partial charge is 0.322 e. The SMILES string of the molecule is COCCN(Cc1ccccc1)C(=O)Nc1ccc2c(c1)OCCO2. The van der Waals surface area contributed by atoms with E-state index >= 15 is 0 Å². The second-order valence-electron chi connectivity index (χ2n) is 5.69. The number of nitrogens with zero attached hydrogens (tertiary/aromatic N) is 1. The van der Waals surface area contributed by atoms with Crippen LogP contribution in [-0.4, -0.2) is 44.4 Å². The van der Waals surface area contributed by atoms with Crippen molar-refractivity contribution >= 4 is 11.7 Å². The Labute approximate surface area is 147 Å². The molecule has 0 unspecified atom stereocenters. The summed E-state index contributed by atoms with van der Waals surface area (Å²) in [6.07, 6.45) is 0. The summed E-state index contributed by atoms with van der Waals surface area (Å²) in [5.74, 6) is 1.35. The van der Waals surface area contributed by atoms with Crippen LogP contribution < -0.4 is 14.8 Å². The molecule has 6 heteroatoms. The first kappa shape index (κ1) is 17.1. The van der Waals surface area contributed by atoms with Crippen molar-refractivity contribution in [2.75, 3.05) is 38.8 Å². The molecule has 1 heterocycles. The van der Waals surface area contributed by atoms with Crippen LogP contribution in [-0.2, 0) is 11.3 Å². The number of ether oxygens (including phenoxy) is 3. The van der Waals surface area contributed by atoms with Gasteiger partial charge in [-0.1, -0.05) is 30.3 Å². The number of carbonyl (C=O) groups is 1. The molecule has 0 saturated carbocycles. The Hall–Kier alpha value is -2.73. The molecule has 0 saturated heterocycles. The Morgan fingerprint density at radius 3 is 2.64 bits per heavy atom. The van der Waals surface area contributed by atoms with Gasteiger partial charge >= 0.3 is 6.03 Å². The second-order valence-corrected chi connectivity index (χ2v) is 5.69. The van der Waals surface area contributed by atoms with E-state index in [4.69, 9.17) is 14.2 Å². The molecule has 1 aliphatic rings. The fourth-order valence-corrected chi connectivity index (χ4v) is 2.58. The van der Waals surface area contributed by atoms with E-state index in [0.29, 0.717) is 50.1 Å². The van der Waals surface area contributed by atoms with Crippen molar-refractivity contribution in [1.29, 1.82) is 0 Å².